The minimum atomic E-state index is -0.948. The average Bonchev–Trinajstić information content (AvgIpc) is 1.96. The summed E-state index contributed by atoms with van der Waals surface area (Å²) in [6.45, 7) is 1.56. The summed E-state index contributed by atoms with van der Waals surface area (Å²) in [5.41, 5.74) is 0. The van der Waals surface area contributed by atoms with Gasteiger partial charge >= 0.3 is 0 Å². The van der Waals surface area contributed by atoms with Crippen LogP contribution in [0.1, 0.15) is 13.3 Å². The van der Waals surface area contributed by atoms with E-state index >= 15 is 0 Å². The lowest BCUT2D eigenvalue weighted by Gasteiger charge is -2.34. The van der Waals surface area contributed by atoms with Crippen molar-refractivity contribution in [3.63, 3.8) is 0 Å². The van der Waals surface area contributed by atoms with Crippen molar-refractivity contribution >= 4 is 0 Å². The zero-order chi connectivity index (χ0) is 8.43. The van der Waals surface area contributed by atoms with E-state index in [1.165, 1.54) is 0 Å². The Morgan fingerprint density at radius 1 is 1.45 bits per heavy atom. The SMILES string of the molecule is C[C@@H]1CC(O)[C@H](O)C(CO)O1. The lowest BCUT2D eigenvalue weighted by Crippen LogP contribution is -2.49. The Labute approximate surface area is 65.4 Å². The molecule has 1 saturated heterocycles. The molecule has 1 rings (SSSR count). The molecule has 1 heterocycles. The van der Waals surface area contributed by atoms with Crippen LogP contribution in [0.25, 0.3) is 0 Å². The van der Waals surface area contributed by atoms with E-state index in [-0.39, 0.29) is 12.7 Å². The minimum Gasteiger partial charge on any atom is -0.394 e. The van der Waals surface area contributed by atoms with Crippen molar-refractivity contribution in [2.75, 3.05) is 6.61 Å². The standard InChI is InChI=1S/C7H14O4/c1-4-2-5(9)7(10)6(3-8)11-4/h4-10H,2-3H2,1H3/t4-,5?,6?,7+/m1/s1. The molecule has 0 spiro atoms. The highest BCUT2D eigenvalue weighted by molar-refractivity contribution is 4.83. The summed E-state index contributed by atoms with van der Waals surface area (Å²) in [7, 11) is 0. The third-order valence-electron chi connectivity index (χ3n) is 1.94. The Kier molecular flexibility index (Phi) is 2.84. The van der Waals surface area contributed by atoms with Gasteiger partial charge < -0.3 is 20.1 Å². The summed E-state index contributed by atoms with van der Waals surface area (Å²) in [6, 6.07) is 0. The fourth-order valence-corrected chi connectivity index (χ4v) is 1.31. The highest BCUT2D eigenvalue weighted by atomic mass is 16.5. The molecule has 66 valence electrons. The summed E-state index contributed by atoms with van der Waals surface area (Å²) in [6.07, 6.45) is -2.01. The van der Waals surface area contributed by atoms with Gasteiger partial charge in [0.25, 0.3) is 0 Å². The second kappa shape index (κ2) is 3.49. The predicted octanol–water partition coefficient (Wildman–Crippen LogP) is -1.12. The minimum absolute atomic E-state index is 0.0921. The van der Waals surface area contributed by atoms with Gasteiger partial charge in [-0.3, -0.25) is 0 Å². The van der Waals surface area contributed by atoms with Crippen LogP contribution in [-0.4, -0.2) is 46.3 Å². The van der Waals surface area contributed by atoms with Crippen LogP contribution in [-0.2, 0) is 4.74 Å². The first-order valence-corrected chi connectivity index (χ1v) is 3.77. The first kappa shape index (κ1) is 8.93. The molecule has 0 radical (unpaired) electrons. The molecule has 11 heavy (non-hydrogen) atoms. The van der Waals surface area contributed by atoms with Crippen molar-refractivity contribution in [2.45, 2.75) is 37.8 Å². The predicted molar refractivity (Wildman–Crippen MR) is 38.1 cm³/mol. The first-order valence-electron chi connectivity index (χ1n) is 3.77. The fraction of sp³-hybridized carbons (Fsp3) is 1.00. The molecule has 1 aliphatic heterocycles. The Morgan fingerprint density at radius 2 is 2.09 bits per heavy atom. The van der Waals surface area contributed by atoms with Crippen molar-refractivity contribution < 1.29 is 20.1 Å². The third-order valence-corrected chi connectivity index (χ3v) is 1.94. The molecule has 0 bridgehead atoms. The lowest BCUT2D eigenvalue weighted by molar-refractivity contribution is -0.174. The topological polar surface area (TPSA) is 69.9 Å². The molecule has 0 aliphatic carbocycles. The molecule has 0 aromatic carbocycles. The number of aliphatic hydroxyl groups is 3. The molecule has 4 nitrogen and oxygen atoms in total. The van der Waals surface area contributed by atoms with Gasteiger partial charge in [0.1, 0.15) is 12.2 Å². The van der Waals surface area contributed by atoms with E-state index in [4.69, 9.17) is 9.84 Å². The number of aliphatic hydroxyl groups excluding tert-OH is 3. The van der Waals surface area contributed by atoms with Crippen molar-refractivity contribution in [2.24, 2.45) is 0 Å². The molecule has 1 aliphatic rings. The van der Waals surface area contributed by atoms with Gasteiger partial charge in [0, 0.05) is 6.42 Å². The van der Waals surface area contributed by atoms with Crippen LogP contribution >= 0.6 is 0 Å². The molecule has 0 amide bonds. The van der Waals surface area contributed by atoms with E-state index in [1.54, 1.807) is 6.92 Å². The maximum Gasteiger partial charge on any atom is 0.109 e. The van der Waals surface area contributed by atoms with Crippen LogP contribution in [0.3, 0.4) is 0 Å². The Bertz CT molecular complexity index is 128. The van der Waals surface area contributed by atoms with E-state index in [9.17, 15) is 10.2 Å². The summed E-state index contributed by atoms with van der Waals surface area (Å²) in [4.78, 5) is 0. The summed E-state index contributed by atoms with van der Waals surface area (Å²) < 4.78 is 5.16. The number of ether oxygens (including phenoxy) is 1. The van der Waals surface area contributed by atoms with Crippen LogP contribution in [0.15, 0.2) is 0 Å². The Morgan fingerprint density at radius 3 is 2.64 bits per heavy atom. The number of hydrogen-bond donors (Lipinski definition) is 3. The van der Waals surface area contributed by atoms with E-state index in [0.717, 1.165) is 0 Å². The molecule has 1 fully saturated rings. The first-order chi connectivity index (χ1) is 5.15. The van der Waals surface area contributed by atoms with E-state index in [1.807, 2.05) is 0 Å². The monoisotopic (exact) mass is 162 g/mol. The highest BCUT2D eigenvalue weighted by Gasteiger charge is 2.34. The average molecular weight is 162 g/mol. The number of hydrogen-bond acceptors (Lipinski definition) is 4. The largest absolute Gasteiger partial charge is 0.394 e. The molecule has 0 aromatic rings. The van der Waals surface area contributed by atoms with E-state index in [2.05, 4.69) is 0 Å². The van der Waals surface area contributed by atoms with Gasteiger partial charge in [0.2, 0.25) is 0 Å². The summed E-state index contributed by atoms with van der Waals surface area (Å²) >= 11 is 0. The van der Waals surface area contributed by atoms with Gasteiger partial charge in [-0.15, -0.1) is 0 Å². The van der Waals surface area contributed by atoms with Gasteiger partial charge in [-0.1, -0.05) is 0 Å². The molecule has 0 saturated carbocycles. The quantitative estimate of drug-likeness (QED) is 0.456. The van der Waals surface area contributed by atoms with Crippen LogP contribution in [0.4, 0.5) is 0 Å². The summed E-state index contributed by atoms with van der Waals surface area (Å²) in [5, 5.41) is 27.1. The molecule has 2 unspecified atom stereocenters. The molecule has 4 heteroatoms. The fourth-order valence-electron chi connectivity index (χ4n) is 1.31. The highest BCUT2D eigenvalue weighted by Crippen LogP contribution is 2.19. The zero-order valence-electron chi connectivity index (χ0n) is 6.47. The van der Waals surface area contributed by atoms with E-state index < -0.39 is 18.3 Å². The van der Waals surface area contributed by atoms with E-state index in [0.29, 0.717) is 6.42 Å². The molecule has 3 N–H and O–H groups in total. The van der Waals surface area contributed by atoms with Crippen molar-refractivity contribution in [1.82, 2.24) is 0 Å². The van der Waals surface area contributed by atoms with Crippen LogP contribution < -0.4 is 0 Å². The van der Waals surface area contributed by atoms with Crippen molar-refractivity contribution in [3.8, 4) is 0 Å². The maximum atomic E-state index is 9.22. The Hall–Kier alpha value is -0.160. The van der Waals surface area contributed by atoms with Crippen LogP contribution in [0.2, 0.25) is 0 Å². The molecule has 0 aromatic heterocycles. The second-order valence-corrected chi connectivity index (χ2v) is 2.96. The normalized spacial score (nSPS) is 45.8. The smallest absolute Gasteiger partial charge is 0.109 e. The van der Waals surface area contributed by atoms with Crippen LogP contribution in [0.5, 0.6) is 0 Å². The van der Waals surface area contributed by atoms with Gasteiger partial charge in [-0.05, 0) is 6.92 Å². The van der Waals surface area contributed by atoms with Gasteiger partial charge in [-0.25, -0.2) is 0 Å². The van der Waals surface area contributed by atoms with Gasteiger partial charge in [0.15, 0.2) is 0 Å². The maximum absolute atomic E-state index is 9.22. The third kappa shape index (κ3) is 1.90. The van der Waals surface area contributed by atoms with Gasteiger partial charge in [0.05, 0.1) is 18.8 Å². The number of rotatable bonds is 1. The van der Waals surface area contributed by atoms with Crippen molar-refractivity contribution in [3.05, 3.63) is 0 Å². The molecule has 4 atom stereocenters. The lowest BCUT2D eigenvalue weighted by atomic mass is 9.99. The van der Waals surface area contributed by atoms with Crippen molar-refractivity contribution in [1.29, 1.82) is 0 Å². The molecular weight excluding hydrogens is 148 g/mol. The molecular formula is C7H14O4. The van der Waals surface area contributed by atoms with Crippen LogP contribution in [0, 0.1) is 0 Å². The van der Waals surface area contributed by atoms with Gasteiger partial charge in [-0.2, -0.15) is 0 Å². The zero-order valence-corrected chi connectivity index (χ0v) is 6.47. The second-order valence-electron chi connectivity index (χ2n) is 2.96. The summed E-state index contributed by atoms with van der Waals surface area (Å²) in [5.74, 6) is 0. The Balaban J connectivity index is 2.51.